The Morgan fingerprint density at radius 3 is 1.29 bits per heavy atom. The molecule has 4 heterocycles. The van der Waals surface area contributed by atoms with Gasteiger partial charge in [0.2, 0.25) is 0 Å². The maximum absolute atomic E-state index is 13.7. The molecule has 4 aliphatic rings. The molecule has 2 N–H and O–H groups in total. The number of nitrogens with zero attached hydrogens (tertiary/aromatic N) is 2. The molecule has 0 radical (unpaired) electrons. The summed E-state index contributed by atoms with van der Waals surface area (Å²) < 4.78 is 11.3. The fourth-order valence-electron chi connectivity index (χ4n) is 8.80. The van der Waals surface area contributed by atoms with Crippen LogP contribution in [-0.4, -0.2) is 92.8 Å². The van der Waals surface area contributed by atoms with Crippen LogP contribution in [0, 0.1) is 27.7 Å². The van der Waals surface area contributed by atoms with Gasteiger partial charge in [-0.25, -0.2) is 4.79 Å². The summed E-state index contributed by atoms with van der Waals surface area (Å²) in [6.07, 6.45) is 2.51. The van der Waals surface area contributed by atoms with Gasteiger partial charge in [-0.05, 0) is 122 Å². The van der Waals surface area contributed by atoms with Crippen molar-refractivity contribution in [3.8, 4) is 0 Å². The summed E-state index contributed by atoms with van der Waals surface area (Å²) in [5.41, 5.74) is 7.23. The first-order valence-corrected chi connectivity index (χ1v) is 18.6. The van der Waals surface area contributed by atoms with Gasteiger partial charge in [-0.3, -0.25) is 9.59 Å². The van der Waals surface area contributed by atoms with Crippen LogP contribution in [0.15, 0.2) is 35.4 Å². The molecule has 0 aromatic heterocycles. The second kappa shape index (κ2) is 15.5. The number of halogens is 2. The second-order valence-electron chi connectivity index (χ2n) is 14.3. The number of amides is 2. The van der Waals surface area contributed by atoms with E-state index in [9.17, 15) is 14.4 Å². The van der Waals surface area contributed by atoms with Crippen molar-refractivity contribution >= 4 is 52.3 Å². The molecule has 2 spiro atoms. The van der Waals surface area contributed by atoms with Gasteiger partial charge < -0.3 is 29.8 Å². The number of piperidine rings is 2. The van der Waals surface area contributed by atoms with Crippen molar-refractivity contribution in [1.29, 1.82) is 0 Å². The fourth-order valence-corrected chi connectivity index (χ4v) is 9.45. The second-order valence-corrected chi connectivity index (χ2v) is 15.2. The van der Waals surface area contributed by atoms with Crippen LogP contribution in [0.2, 0.25) is 10.0 Å². The average Bonchev–Trinajstić information content (AvgIpc) is 3.49. The summed E-state index contributed by atoms with van der Waals surface area (Å²) in [7, 11) is 3.30. The lowest BCUT2D eigenvalue weighted by molar-refractivity contribution is -0.150. The molecule has 0 saturated carbocycles. The van der Waals surface area contributed by atoms with Gasteiger partial charge in [0.25, 0.3) is 11.8 Å². The molecule has 2 fully saturated rings. The average molecular weight is 756 g/mol. The summed E-state index contributed by atoms with van der Waals surface area (Å²) >= 11 is 12.7. The molecular weight excluding hydrogens is 707 g/mol. The molecule has 2 saturated heterocycles. The van der Waals surface area contributed by atoms with Crippen molar-refractivity contribution in [1.82, 2.24) is 20.8 Å². The first kappa shape index (κ1) is 38.3. The minimum absolute atomic E-state index is 0.0298. The number of carbonyl (C=O) groups excluding carboxylic acids is 3. The first-order chi connectivity index (χ1) is 24.8. The van der Waals surface area contributed by atoms with Crippen LogP contribution in [0.25, 0.3) is 11.1 Å². The molecule has 280 valence electrons. The van der Waals surface area contributed by atoms with E-state index in [1.807, 2.05) is 62.1 Å². The Kier molecular flexibility index (Phi) is 11.4. The molecule has 13 heteroatoms. The highest BCUT2D eigenvalue weighted by Gasteiger charge is 2.49. The lowest BCUT2D eigenvalue weighted by Crippen LogP contribution is -2.52. The molecule has 0 unspecified atom stereocenters. The predicted octanol–water partition coefficient (Wildman–Crippen LogP) is 6.42. The van der Waals surface area contributed by atoms with Crippen LogP contribution >= 0.6 is 23.2 Å². The normalized spacial score (nSPS) is 20.2. The third-order valence-corrected chi connectivity index (χ3v) is 11.7. The third kappa shape index (κ3) is 7.36. The molecule has 2 aromatic rings. The molecule has 52 heavy (non-hydrogen) atoms. The number of hydroxylamine groups is 4. The number of rotatable bonds is 10. The Morgan fingerprint density at radius 1 is 0.654 bits per heavy atom. The highest BCUT2D eigenvalue weighted by molar-refractivity contribution is 6.32. The first-order valence-electron chi connectivity index (χ1n) is 17.9. The summed E-state index contributed by atoms with van der Waals surface area (Å²) in [5.74, 6) is -0.283. The minimum Gasteiger partial charge on any atom is -0.434 e. The quantitative estimate of drug-likeness (QED) is 0.265. The van der Waals surface area contributed by atoms with E-state index in [0.29, 0.717) is 85.9 Å². The Hall–Kier alpha value is -3.45. The van der Waals surface area contributed by atoms with Crippen LogP contribution in [0.1, 0.15) is 71.9 Å². The van der Waals surface area contributed by atoms with Crippen molar-refractivity contribution in [2.24, 2.45) is 0 Å². The Labute approximate surface area is 315 Å². The van der Waals surface area contributed by atoms with Gasteiger partial charge in [-0.1, -0.05) is 23.2 Å². The lowest BCUT2D eigenvalue weighted by atomic mass is 9.78. The van der Waals surface area contributed by atoms with Crippen molar-refractivity contribution in [3.05, 3.63) is 78.8 Å². The Bertz CT molecular complexity index is 1650. The maximum Gasteiger partial charge on any atom is 0.508 e. The van der Waals surface area contributed by atoms with E-state index in [-0.39, 0.29) is 25.0 Å². The van der Waals surface area contributed by atoms with Gasteiger partial charge >= 0.3 is 6.16 Å². The zero-order valence-electron chi connectivity index (χ0n) is 30.8. The van der Waals surface area contributed by atoms with E-state index in [1.165, 1.54) is 0 Å². The Morgan fingerprint density at radius 2 is 0.981 bits per heavy atom. The topological polar surface area (TPSA) is 119 Å². The predicted molar refractivity (Wildman–Crippen MR) is 200 cm³/mol. The summed E-state index contributed by atoms with van der Waals surface area (Å²) in [4.78, 5) is 51.5. The monoisotopic (exact) mass is 754 g/mol. The zero-order chi connectivity index (χ0) is 37.4. The number of nitrogens with one attached hydrogen (secondary N) is 2. The minimum atomic E-state index is -0.803. The van der Waals surface area contributed by atoms with Crippen LogP contribution in [-0.2, 0) is 28.7 Å². The lowest BCUT2D eigenvalue weighted by Gasteiger charge is -2.40. The fraction of sp³-hybridized carbons (Fsp3) is 0.513. The molecule has 0 atom stereocenters. The van der Waals surface area contributed by atoms with Crippen molar-refractivity contribution in [2.45, 2.75) is 77.3 Å². The van der Waals surface area contributed by atoms with Crippen LogP contribution < -0.4 is 10.6 Å². The Balaban J connectivity index is 1.19. The number of aryl methyl sites for hydroxylation is 4. The highest BCUT2D eigenvalue weighted by atomic mass is 35.5. The number of benzene rings is 2. The zero-order valence-corrected chi connectivity index (χ0v) is 32.3. The molecular formula is C39H48Cl2N4O7. The summed E-state index contributed by atoms with van der Waals surface area (Å²) in [6, 6.07) is 7.46. The van der Waals surface area contributed by atoms with E-state index in [4.69, 9.17) is 42.4 Å². The number of ether oxygens (including phenoxy) is 2. The van der Waals surface area contributed by atoms with E-state index < -0.39 is 17.2 Å². The van der Waals surface area contributed by atoms with E-state index in [1.54, 1.807) is 14.2 Å². The molecule has 11 nitrogen and oxygen atoms in total. The summed E-state index contributed by atoms with van der Waals surface area (Å²) in [5, 5.41) is 11.6. The van der Waals surface area contributed by atoms with Crippen molar-refractivity contribution in [3.63, 3.8) is 0 Å². The highest BCUT2D eigenvalue weighted by Crippen LogP contribution is 2.45. The SMILES string of the molecule is CON1CCC2(CC1)NC(=O)C(c1c(C)cc(Cl)cc1C)=C2CCOC(=O)OCCC1=C(c2c(C)cc(Cl)cc2C)C(=O)NC12CCN(OC)CC2. The van der Waals surface area contributed by atoms with Gasteiger partial charge in [0.1, 0.15) is 0 Å². The van der Waals surface area contributed by atoms with Crippen LogP contribution in [0.4, 0.5) is 4.79 Å². The van der Waals surface area contributed by atoms with Gasteiger partial charge in [-0.2, -0.15) is 10.1 Å². The van der Waals surface area contributed by atoms with Gasteiger partial charge in [0.15, 0.2) is 0 Å². The maximum atomic E-state index is 13.7. The van der Waals surface area contributed by atoms with E-state index in [0.717, 1.165) is 44.5 Å². The number of carbonyl (C=O) groups is 3. The van der Waals surface area contributed by atoms with Gasteiger partial charge in [0, 0.05) is 60.2 Å². The summed E-state index contributed by atoms with van der Waals surface area (Å²) in [6.45, 7) is 10.4. The molecule has 6 rings (SSSR count). The van der Waals surface area contributed by atoms with Crippen LogP contribution in [0.3, 0.4) is 0 Å². The van der Waals surface area contributed by atoms with E-state index in [2.05, 4.69) is 10.6 Å². The molecule has 0 aliphatic carbocycles. The molecule has 2 amide bonds. The smallest absolute Gasteiger partial charge is 0.434 e. The number of hydrogen-bond acceptors (Lipinski definition) is 9. The largest absolute Gasteiger partial charge is 0.508 e. The van der Waals surface area contributed by atoms with Crippen molar-refractivity contribution in [2.75, 3.05) is 53.6 Å². The third-order valence-electron chi connectivity index (χ3n) is 11.2. The van der Waals surface area contributed by atoms with Crippen LogP contribution in [0.5, 0.6) is 0 Å². The molecule has 4 aliphatic heterocycles. The standard InChI is InChI=1S/C39H48Cl2N4O7/c1-23-19-27(40)20-24(2)31(23)33-29(38(42-35(33)46)9-13-44(49-5)14-10-38)7-17-51-37(48)52-18-8-30-34(32-25(3)21-28(41)22-26(32)4)36(47)43-39(30)11-15-45(50-6)16-12-39/h19-22H,7-18H2,1-6H3,(H,42,46)(H,43,47). The molecule has 0 bridgehead atoms. The van der Waals surface area contributed by atoms with E-state index >= 15 is 0 Å². The van der Waals surface area contributed by atoms with Gasteiger partial charge in [0.05, 0.1) is 38.5 Å². The van der Waals surface area contributed by atoms with Crippen molar-refractivity contribution < 1.29 is 33.5 Å². The molecule has 2 aromatic carbocycles. The van der Waals surface area contributed by atoms with Gasteiger partial charge in [-0.15, -0.1) is 0 Å². The number of hydrogen-bond donors (Lipinski definition) is 2.